The molecule has 1 aromatic heterocycles. The smallest absolute Gasteiger partial charge is 0.243 e. The van der Waals surface area contributed by atoms with Crippen LogP contribution in [0.2, 0.25) is 0 Å². The lowest BCUT2D eigenvalue weighted by molar-refractivity contribution is -0.116. The van der Waals surface area contributed by atoms with Gasteiger partial charge in [0.05, 0.1) is 17.6 Å². The van der Waals surface area contributed by atoms with Crippen molar-refractivity contribution in [2.24, 2.45) is 0 Å². The molecule has 0 aliphatic carbocycles. The number of amides is 1. The van der Waals surface area contributed by atoms with Gasteiger partial charge in [-0.25, -0.2) is 4.98 Å². The van der Waals surface area contributed by atoms with E-state index in [1.807, 2.05) is 13.0 Å². The monoisotopic (exact) mass is 419 g/mol. The molecule has 0 atom stereocenters. The molecule has 0 unspecified atom stereocenters. The minimum atomic E-state index is -0.0414. The Hall–Kier alpha value is -3.08. The molecule has 1 heterocycles. The van der Waals surface area contributed by atoms with Gasteiger partial charge in [0.25, 0.3) is 0 Å². The van der Waals surface area contributed by atoms with Crippen LogP contribution in [0.5, 0.6) is 5.75 Å². The molecule has 0 bridgehead atoms. The number of hydrogen-bond donors (Lipinski definition) is 1. The van der Waals surface area contributed by atoms with Crippen LogP contribution in [0.25, 0.3) is 11.0 Å². The number of carbonyl (C=O) groups excluding carboxylic acids is 1. The van der Waals surface area contributed by atoms with E-state index < -0.39 is 0 Å². The third kappa shape index (κ3) is 6.71. The van der Waals surface area contributed by atoms with Crippen molar-refractivity contribution < 1.29 is 9.53 Å². The number of imidazole rings is 1. The molecule has 164 valence electrons. The Kier molecular flexibility index (Phi) is 8.71. The molecular weight excluding hydrogens is 386 g/mol. The zero-order valence-corrected chi connectivity index (χ0v) is 18.6. The highest BCUT2D eigenvalue weighted by atomic mass is 16.5. The molecule has 0 saturated carbocycles. The van der Waals surface area contributed by atoms with Crippen LogP contribution in [0.15, 0.2) is 60.7 Å². The van der Waals surface area contributed by atoms with Crippen molar-refractivity contribution in [2.45, 2.75) is 52.5 Å². The molecule has 31 heavy (non-hydrogen) atoms. The number of aromatic nitrogens is 2. The highest BCUT2D eigenvalue weighted by Crippen LogP contribution is 2.18. The highest BCUT2D eigenvalue weighted by molar-refractivity contribution is 5.87. The molecule has 0 radical (unpaired) electrons. The first-order valence-corrected chi connectivity index (χ1v) is 11.3. The number of aryl methyl sites for hydroxylation is 3. The Labute approximate surface area is 185 Å². The summed E-state index contributed by atoms with van der Waals surface area (Å²) in [5, 5.41) is 2.91. The number of benzene rings is 2. The van der Waals surface area contributed by atoms with Gasteiger partial charge in [0.15, 0.2) is 0 Å². The SMILES string of the molecule is C/C=C\C(=O)NCCCc1nc2ccccc2n1CCCCOc1ccc(CC)cc1. The van der Waals surface area contributed by atoms with E-state index in [0.717, 1.165) is 55.7 Å². The summed E-state index contributed by atoms with van der Waals surface area (Å²) in [6.07, 6.45) is 8.06. The van der Waals surface area contributed by atoms with Gasteiger partial charge in [0.1, 0.15) is 11.6 Å². The van der Waals surface area contributed by atoms with Crippen LogP contribution in [-0.2, 0) is 24.2 Å². The van der Waals surface area contributed by atoms with E-state index in [4.69, 9.17) is 9.72 Å². The van der Waals surface area contributed by atoms with Gasteiger partial charge in [-0.2, -0.15) is 0 Å². The van der Waals surface area contributed by atoms with Gasteiger partial charge >= 0.3 is 0 Å². The predicted octanol–water partition coefficient (Wildman–Crippen LogP) is 5.08. The van der Waals surface area contributed by atoms with E-state index >= 15 is 0 Å². The maximum Gasteiger partial charge on any atom is 0.243 e. The van der Waals surface area contributed by atoms with Crippen LogP contribution < -0.4 is 10.1 Å². The Balaban J connectivity index is 1.51. The Morgan fingerprint density at radius 1 is 1.10 bits per heavy atom. The Bertz CT molecular complexity index is 990. The van der Waals surface area contributed by atoms with Crippen molar-refractivity contribution in [3.63, 3.8) is 0 Å². The standard InChI is InChI=1S/C26H33N3O2/c1-3-10-26(30)27-18-9-13-25-28-23-11-5-6-12-24(23)29(25)19-7-8-20-31-22-16-14-21(4-2)15-17-22/h3,5-6,10-12,14-17H,4,7-9,13,18-20H2,1-2H3,(H,27,30)/b10-3-. The lowest BCUT2D eigenvalue weighted by Crippen LogP contribution is -2.22. The second-order valence-corrected chi connectivity index (χ2v) is 7.62. The van der Waals surface area contributed by atoms with Crippen molar-refractivity contribution in [1.82, 2.24) is 14.9 Å². The average Bonchev–Trinajstić information content (AvgIpc) is 3.14. The maximum atomic E-state index is 11.6. The fraction of sp³-hybridized carbons (Fsp3) is 0.385. The summed E-state index contributed by atoms with van der Waals surface area (Å²) in [5.74, 6) is 1.98. The third-order valence-corrected chi connectivity index (χ3v) is 5.30. The Morgan fingerprint density at radius 3 is 2.68 bits per heavy atom. The van der Waals surface area contributed by atoms with Gasteiger partial charge in [-0.3, -0.25) is 4.79 Å². The second-order valence-electron chi connectivity index (χ2n) is 7.62. The molecule has 1 amide bonds. The van der Waals surface area contributed by atoms with Crippen molar-refractivity contribution >= 4 is 16.9 Å². The summed E-state index contributed by atoms with van der Waals surface area (Å²) in [6, 6.07) is 16.6. The quantitative estimate of drug-likeness (QED) is 0.329. The number of nitrogens with one attached hydrogen (secondary N) is 1. The summed E-state index contributed by atoms with van der Waals surface area (Å²) in [5.41, 5.74) is 3.53. The summed E-state index contributed by atoms with van der Waals surface area (Å²) in [6.45, 7) is 6.28. The fourth-order valence-electron chi connectivity index (χ4n) is 3.62. The van der Waals surface area contributed by atoms with Gasteiger partial charge in [0, 0.05) is 19.5 Å². The lowest BCUT2D eigenvalue weighted by Gasteiger charge is -2.11. The number of ether oxygens (including phenoxy) is 1. The van der Waals surface area contributed by atoms with Crippen LogP contribution in [0, 0.1) is 0 Å². The van der Waals surface area contributed by atoms with Crippen LogP contribution in [0.4, 0.5) is 0 Å². The summed E-state index contributed by atoms with van der Waals surface area (Å²) in [7, 11) is 0. The number of nitrogens with zero attached hydrogens (tertiary/aromatic N) is 2. The summed E-state index contributed by atoms with van der Waals surface area (Å²) >= 11 is 0. The molecule has 0 saturated heterocycles. The van der Waals surface area contributed by atoms with Crippen molar-refractivity contribution in [3.8, 4) is 5.75 Å². The minimum absolute atomic E-state index is 0.0414. The molecule has 0 fully saturated rings. The molecule has 0 aliphatic heterocycles. The number of para-hydroxylation sites is 2. The molecular formula is C26H33N3O2. The number of unbranched alkanes of at least 4 members (excludes halogenated alkanes) is 1. The first-order chi connectivity index (χ1) is 15.2. The molecule has 3 aromatic rings. The predicted molar refractivity (Wildman–Crippen MR) is 126 cm³/mol. The molecule has 0 aliphatic rings. The zero-order valence-electron chi connectivity index (χ0n) is 18.6. The molecule has 2 aromatic carbocycles. The minimum Gasteiger partial charge on any atom is -0.494 e. The molecule has 5 heteroatoms. The van der Waals surface area contributed by atoms with E-state index in [1.165, 1.54) is 11.1 Å². The van der Waals surface area contributed by atoms with Gasteiger partial charge < -0.3 is 14.6 Å². The van der Waals surface area contributed by atoms with Crippen LogP contribution in [0.1, 0.15) is 44.5 Å². The van der Waals surface area contributed by atoms with Crippen molar-refractivity contribution in [3.05, 3.63) is 72.1 Å². The van der Waals surface area contributed by atoms with Gasteiger partial charge in [0.2, 0.25) is 5.91 Å². The van der Waals surface area contributed by atoms with E-state index in [9.17, 15) is 4.79 Å². The van der Waals surface area contributed by atoms with Crippen LogP contribution >= 0.6 is 0 Å². The number of fused-ring (bicyclic) bond motifs is 1. The number of carbonyl (C=O) groups is 1. The maximum absolute atomic E-state index is 11.6. The summed E-state index contributed by atoms with van der Waals surface area (Å²) < 4.78 is 8.21. The van der Waals surface area contributed by atoms with Crippen LogP contribution in [-0.4, -0.2) is 28.6 Å². The first kappa shape index (κ1) is 22.6. The topological polar surface area (TPSA) is 56.2 Å². The van der Waals surface area contributed by atoms with Gasteiger partial charge in [-0.15, -0.1) is 0 Å². The van der Waals surface area contributed by atoms with Gasteiger partial charge in [-0.05, 0) is 68.5 Å². The molecule has 0 spiro atoms. The van der Waals surface area contributed by atoms with Gasteiger partial charge in [-0.1, -0.05) is 37.3 Å². The molecule has 5 nitrogen and oxygen atoms in total. The Morgan fingerprint density at radius 2 is 1.90 bits per heavy atom. The highest BCUT2D eigenvalue weighted by Gasteiger charge is 2.10. The lowest BCUT2D eigenvalue weighted by atomic mass is 10.2. The van der Waals surface area contributed by atoms with E-state index in [2.05, 4.69) is 59.3 Å². The average molecular weight is 420 g/mol. The van der Waals surface area contributed by atoms with E-state index in [-0.39, 0.29) is 5.91 Å². The van der Waals surface area contributed by atoms with E-state index in [0.29, 0.717) is 13.2 Å². The third-order valence-electron chi connectivity index (χ3n) is 5.30. The fourth-order valence-corrected chi connectivity index (χ4v) is 3.62. The summed E-state index contributed by atoms with van der Waals surface area (Å²) in [4.78, 5) is 16.4. The number of hydrogen-bond acceptors (Lipinski definition) is 3. The normalized spacial score (nSPS) is 11.3. The number of rotatable bonds is 12. The largest absolute Gasteiger partial charge is 0.494 e. The first-order valence-electron chi connectivity index (χ1n) is 11.3. The number of allylic oxidation sites excluding steroid dienone is 1. The zero-order chi connectivity index (χ0) is 21.9. The molecule has 1 N–H and O–H groups in total. The van der Waals surface area contributed by atoms with Crippen LogP contribution in [0.3, 0.4) is 0 Å². The van der Waals surface area contributed by atoms with Crippen molar-refractivity contribution in [2.75, 3.05) is 13.2 Å². The molecule has 3 rings (SSSR count). The second kappa shape index (κ2) is 11.9. The van der Waals surface area contributed by atoms with E-state index in [1.54, 1.807) is 12.2 Å². The van der Waals surface area contributed by atoms with Crippen molar-refractivity contribution in [1.29, 1.82) is 0 Å².